The molecule has 0 bridgehead atoms. The highest BCUT2D eigenvalue weighted by Crippen LogP contribution is 2.29. The van der Waals surface area contributed by atoms with Gasteiger partial charge in [0.05, 0.1) is 18.5 Å². The molecule has 4 heterocycles. The second kappa shape index (κ2) is 8.19. The van der Waals surface area contributed by atoms with Gasteiger partial charge in [-0.05, 0) is 56.3 Å². The normalized spacial score (nSPS) is 14.6. The number of benzene rings is 1. The minimum absolute atomic E-state index is 0.296. The van der Waals surface area contributed by atoms with Crippen LogP contribution in [0.3, 0.4) is 0 Å². The molecule has 4 aromatic rings. The molecule has 2 N–H and O–H groups in total. The van der Waals surface area contributed by atoms with Crippen LogP contribution in [-0.4, -0.2) is 50.5 Å². The van der Waals surface area contributed by atoms with Gasteiger partial charge in [0.25, 0.3) is 5.91 Å². The number of nitrogens with one attached hydrogen (secondary N) is 2. The Kier molecular flexibility index (Phi) is 5.09. The maximum absolute atomic E-state index is 13.0. The maximum atomic E-state index is 13.0. The maximum Gasteiger partial charge on any atom is 0.277 e. The summed E-state index contributed by atoms with van der Waals surface area (Å²) < 4.78 is 8.61. The topological polar surface area (TPSA) is 98.4 Å². The molecule has 1 aliphatic heterocycles. The Morgan fingerprint density at radius 2 is 1.97 bits per heavy atom. The first-order chi connectivity index (χ1) is 15.2. The van der Waals surface area contributed by atoms with E-state index in [-0.39, 0.29) is 5.91 Å². The molecule has 0 atom stereocenters. The highest BCUT2D eigenvalue weighted by atomic mass is 16.5. The Bertz CT molecular complexity index is 1170. The van der Waals surface area contributed by atoms with E-state index < -0.39 is 0 Å². The van der Waals surface area contributed by atoms with Gasteiger partial charge >= 0.3 is 0 Å². The Labute approximate surface area is 179 Å². The summed E-state index contributed by atoms with van der Waals surface area (Å²) in [5.74, 6) is 1.42. The van der Waals surface area contributed by atoms with Gasteiger partial charge in [0.1, 0.15) is 11.6 Å². The zero-order valence-electron chi connectivity index (χ0n) is 17.2. The number of nitrogens with zero attached hydrogens (tertiary/aromatic N) is 5. The van der Waals surface area contributed by atoms with Crippen LogP contribution in [0.15, 0.2) is 54.9 Å². The van der Waals surface area contributed by atoms with Crippen molar-refractivity contribution in [2.45, 2.75) is 18.8 Å². The van der Waals surface area contributed by atoms with Gasteiger partial charge in [-0.2, -0.15) is 10.2 Å². The van der Waals surface area contributed by atoms with E-state index in [2.05, 4.69) is 20.7 Å². The minimum Gasteiger partial charge on any atom is -0.497 e. The number of ether oxygens (including phenoxy) is 1. The summed E-state index contributed by atoms with van der Waals surface area (Å²) in [7, 11) is 1.63. The molecule has 1 saturated heterocycles. The third kappa shape index (κ3) is 3.87. The van der Waals surface area contributed by atoms with Crippen molar-refractivity contribution in [3.63, 3.8) is 0 Å². The van der Waals surface area contributed by atoms with E-state index in [4.69, 9.17) is 9.84 Å². The molecule has 1 fully saturated rings. The summed E-state index contributed by atoms with van der Waals surface area (Å²) in [5.41, 5.74) is 2.73. The summed E-state index contributed by atoms with van der Waals surface area (Å²) in [4.78, 5) is 17.2. The van der Waals surface area contributed by atoms with Crippen LogP contribution in [0.1, 0.15) is 34.9 Å². The number of rotatable bonds is 5. The highest BCUT2D eigenvalue weighted by Gasteiger charge is 2.22. The number of amides is 1. The van der Waals surface area contributed by atoms with E-state index in [9.17, 15) is 4.79 Å². The van der Waals surface area contributed by atoms with Gasteiger partial charge in [-0.3, -0.25) is 4.79 Å². The molecule has 158 valence electrons. The summed E-state index contributed by atoms with van der Waals surface area (Å²) in [6, 6.07) is 13.0. The second-order valence-electron chi connectivity index (χ2n) is 7.49. The van der Waals surface area contributed by atoms with Crippen molar-refractivity contribution in [1.29, 1.82) is 0 Å². The number of piperidine rings is 1. The quantitative estimate of drug-likeness (QED) is 0.518. The van der Waals surface area contributed by atoms with Crippen LogP contribution in [-0.2, 0) is 0 Å². The molecule has 1 aromatic carbocycles. The molecule has 0 saturated carbocycles. The number of aromatic nitrogens is 5. The molecule has 0 unspecified atom stereocenters. The summed E-state index contributed by atoms with van der Waals surface area (Å²) in [5, 5.41) is 15.5. The number of hydrogen-bond acceptors (Lipinski definition) is 6. The molecule has 1 aliphatic rings. The first-order valence-corrected chi connectivity index (χ1v) is 10.3. The fourth-order valence-corrected chi connectivity index (χ4v) is 3.85. The SMILES string of the molecule is COc1ccc(-n2nc(C3CCNCC3)cc2NC(=O)c2cc3ncccn3n2)cc1. The van der Waals surface area contributed by atoms with Gasteiger partial charge in [-0.15, -0.1) is 0 Å². The van der Waals surface area contributed by atoms with Gasteiger partial charge in [0.2, 0.25) is 0 Å². The van der Waals surface area contributed by atoms with Crippen molar-refractivity contribution in [3.05, 3.63) is 66.2 Å². The van der Waals surface area contributed by atoms with Crippen LogP contribution >= 0.6 is 0 Å². The predicted octanol–water partition coefficient (Wildman–Crippen LogP) is 2.64. The molecular formula is C22H23N7O2. The number of methoxy groups -OCH3 is 1. The standard InChI is InChI=1S/C22H23N7O2/c1-31-17-5-3-16(4-6-17)29-21(13-18(27-29)15-7-10-23-11-8-15)25-22(30)19-14-20-24-9-2-12-28(20)26-19/h2-6,9,12-15,23H,7-8,10-11H2,1H3,(H,25,30). The second-order valence-corrected chi connectivity index (χ2v) is 7.49. The van der Waals surface area contributed by atoms with Gasteiger partial charge in [-0.25, -0.2) is 14.2 Å². The Hall–Kier alpha value is -3.72. The average Bonchev–Trinajstić information content (AvgIpc) is 3.44. The number of carbonyl (C=O) groups is 1. The van der Waals surface area contributed by atoms with Gasteiger partial charge < -0.3 is 15.4 Å². The van der Waals surface area contributed by atoms with Crippen molar-refractivity contribution in [1.82, 2.24) is 29.7 Å². The van der Waals surface area contributed by atoms with E-state index in [0.717, 1.165) is 43.1 Å². The zero-order chi connectivity index (χ0) is 21.2. The Morgan fingerprint density at radius 1 is 1.16 bits per heavy atom. The summed E-state index contributed by atoms with van der Waals surface area (Å²) in [6.45, 7) is 1.94. The lowest BCUT2D eigenvalue weighted by Crippen LogP contribution is -2.26. The summed E-state index contributed by atoms with van der Waals surface area (Å²) in [6.07, 6.45) is 5.47. The lowest BCUT2D eigenvalue weighted by Gasteiger charge is -2.20. The lowest BCUT2D eigenvalue weighted by molar-refractivity contribution is 0.102. The largest absolute Gasteiger partial charge is 0.497 e. The minimum atomic E-state index is -0.308. The van der Waals surface area contributed by atoms with Crippen molar-refractivity contribution >= 4 is 17.4 Å². The van der Waals surface area contributed by atoms with Gasteiger partial charge in [-0.1, -0.05) is 0 Å². The number of fused-ring (bicyclic) bond motifs is 1. The lowest BCUT2D eigenvalue weighted by atomic mass is 9.95. The monoisotopic (exact) mass is 417 g/mol. The number of anilines is 1. The first-order valence-electron chi connectivity index (χ1n) is 10.3. The average molecular weight is 417 g/mol. The number of hydrogen-bond donors (Lipinski definition) is 2. The molecule has 0 radical (unpaired) electrons. The zero-order valence-corrected chi connectivity index (χ0v) is 17.2. The first kappa shape index (κ1) is 19.3. The molecule has 1 amide bonds. The fraction of sp³-hybridized carbons (Fsp3) is 0.273. The van der Waals surface area contributed by atoms with Gasteiger partial charge in [0, 0.05) is 30.4 Å². The van der Waals surface area contributed by atoms with E-state index in [1.54, 1.807) is 40.8 Å². The third-order valence-corrected chi connectivity index (χ3v) is 5.51. The van der Waals surface area contributed by atoms with Crippen molar-refractivity contribution < 1.29 is 9.53 Å². The van der Waals surface area contributed by atoms with E-state index in [0.29, 0.717) is 23.1 Å². The van der Waals surface area contributed by atoms with Crippen LogP contribution in [0.5, 0.6) is 5.75 Å². The van der Waals surface area contributed by atoms with E-state index in [1.807, 2.05) is 30.3 Å². The fourth-order valence-electron chi connectivity index (χ4n) is 3.85. The van der Waals surface area contributed by atoms with Crippen molar-refractivity contribution in [2.24, 2.45) is 0 Å². The van der Waals surface area contributed by atoms with Crippen LogP contribution in [0.4, 0.5) is 5.82 Å². The molecule has 31 heavy (non-hydrogen) atoms. The van der Waals surface area contributed by atoms with E-state index >= 15 is 0 Å². The molecule has 3 aromatic heterocycles. The molecular weight excluding hydrogens is 394 g/mol. The van der Waals surface area contributed by atoms with Crippen molar-refractivity contribution in [3.8, 4) is 11.4 Å². The Balaban J connectivity index is 1.48. The molecule has 0 spiro atoms. The van der Waals surface area contributed by atoms with Gasteiger partial charge in [0.15, 0.2) is 11.3 Å². The Morgan fingerprint density at radius 3 is 2.71 bits per heavy atom. The predicted molar refractivity (Wildman–Crippen MR) is 116 cm³/mol. The highest BCUT2D eigenvalue weighted by molar-refractivity contribution is 6.03. The third-order valence-electron chi connectivity index (χ3n) is 5.51. The summed E-state index contributed by atoms with van der Waals surface area (Å²) >= 11 is 0. The van der Waals surface area contributed by atoms with E-state index in [1.165, 1.54) is 0 Å². The van der Waals surface area contributed by atoms with Crippen LogP contribution in [0.25, 0.3) is 11.3 Å². The molecule has 9 nitrogen and oxygen atoms in total. The molecule has 9 heteroatoms. The van der Waals surface area contributed by atoms with Crippen molar-refractivity contribution in [2.75, 3.05) is 25.5 Å². The van der Waals surface area contributed by atoms with Crippen LogP contribution < -0.4 is 15.4 Å². The molecule has 0 aliphatic carbocycles. The van der Waals surface area contributed by atoms with Crippen LogP contribution in [0.2, 0.25) is 0 Å². The number of carbonyl (C=O) groups excluding carboxylic acids is 1. The van der Waals surface area contributed by atoms with Crippen LogP contribution in [0, 0.1) is 0 Å². The molecule has 5 rings (SSSR count). The smallest absolute Gasteiger partial charge is 0.277 e.